The summed E-state index contributed by atoms with van der Waals surface area (Å²) >= 11 is 0. The molecule has 0 saturated carbocycles. The molecule has 5 heteroatoms. The lowest BCUT2D eigenvalue weighted by atomic mass is 9.90. The van der Waals surface area contributed by atoms with Gasteiger partial charge in [0.2, 0.25) is 23.0 Å². The smallest absolute Gasteiger partial charge is 0.249 e. The summed E-state index contributed by atoms with van der Waals surface area (Å²) in [6.07, 6.45) is 9.84. The standard InChI is InChI=1S/C21H28N3O2/c1-3-4-5-6-7-8-9-12-15-24-19-18(23(2)22-24)20(25)16-13-10-11-14-17(16)21(19)26/h10-11,13-14H,3-9,12,15H2,1-2H3/q+1. The van der Waals surface area contributed by atoms with Gasteiger partial charge in [-0.25, -0.2) is 0 Å². The van der Waals surface area contributed by atoms with Crippen LogP contribution in [0.2, 0.25) is 0 Å². The van der Waals surface area contributed by atoms with Gasteiger partial charge in [0.05, 0.1) is 5.21 Å². The van der Waals surface area contributed by atoms with Gasteiger partial charge in [-0.3, -0.25) is 9.59 Å². The molecule has 0 N–H and O–H groups in total. The highest BCUT2D eigenvalue weighted by Gasteiger charge is 2.41. The molecule has 0 atom stereocenters. The molecule has 26 heavy (non-hydrogen) atoms. The monoisotopic (exact) mass is 354 g/mol. The van der Waals surface area contributed by atoms with Crippen LogP contribution in [0.1, 0.15) is 90.4 Å². The van der Waals surface area contributed by atoms with E-state index in [-0.39, 0.29) is 11.6 Å². The van der Waals surface area contributed by atoms with Crippen molar-refractivity contribution in [3.05, 3.63) is 46.8 Å². The Kier molecular flexibility index (Phi) is 5.96. The fourth-order valence-corrected chi connectivity index (χ4v) is 3.69. The quantitative estimate of drug-likeness (QED) is 0.435. The average molecular weight is 354 g/mol. The third-order valence-corrected chi connectivity index (χ3v) is 5.12. The number of rotatable bonds is 9. The summed E-state index contributed by atoms with van der Waals surface area (Å²) in [6, 6.07) is 7.04. The van der Waals surface area contributed by atoms with Crippen LogP contribution in [0.15, 0.2) is 24.3 Å². The number of ketones is 2. The second kappa shape index (κ2) is 8.39. The van der Waals surface area contributed by atoms with E-state index in [9.17, 15) is 9.59 Å². The molecular formula is C21H28N3O2+. The predicted molar refractivity (Wildman–Crippen MR) is 99.3 cm³/mol. The first kappa shape index (κ1) is 18.5. The van der Waals surface area contributed by atoms with Gasteiger partial charge in [-0.1, -0.05) is 69.7 Å². The molecule has 0 bridgehead atoms. The van der Waals surface area contributed by atoms with E-state index >= 15 is 0 Å². The molecule has 0 radical (unpaired) electrons. The van der Waals surface area contributed by atoms with Gasteiger partial charge < -0.3 is 0 Å². The SMILES string of the molecule is CCCCCCCCCCn1n[n+](C)c2c1C(=O)c1ccccc1C2=O. The normalized spacial score (nSPS) is 13.0. The summed E-state index contributed by atoms with van der Waals surface area (Å²) in [6.45, 7) is 2.91. The zero-order chi connectivity index (χ0) is 18.5. The average Bonchev–Trinajstić information content (AvgIpc) is 2.98. The maximum absolute atomic E-state index is 12.9. The molecule has 1 aromatic carbocycles. The van der Waals surface area contributed by atoms with Gasteiger partial charge in [-0.05, 0) is 12.8 Å². The van der Waals surface area contributed by atoms with Crippen molar-refractivity contribution in [1.29, 1.82) is 0 Å². The van der Waals surface area contributed by atoms with Crippen molar-refractivity contribution >= 4 is 11.6 Å². The number of benzene rings is 1. The minimum atomic E-state index is -0.111. The molecule has 0 spiro atoms. The van der Waals surface area contributed by atoms with Crippen molar-refractivity contribution in [3.63, 3.8) is 0 Å². The van der Waals surface area contributed by atoms with Gasteiger partial charge in [-0.2, -0.15) is 0 Å². The van der Waals surface area contributed by atoms with Crippen LogP contribution in [0.3, 0.4) is 0 Å². The number of hydrogen-bond acceptors (Lipinski definition) is 3. The molecule has 0 saturated heterocycles. The van der Waals surface area contributed by atoms with Crippen molar-refractivity contribution in [3.8, 4) is 0 Å². The highest BCUT2D eigenvalue weighted by Crippen LogP contribution is 2.25. The highest BCUT2D eigenvalue weighted by molar-refractivity contribution is 6.26. The maximum Gasteiger partial charge on any atom is 0.249 e. The summed E-state index contributed by atoms with van der Waals surface area (Å²) in [5, 5.41) is 4.43. The van der Waals surface area contributed by atoms with Gasteiger partial charge in [-0.15, -0.1) is 9.36 Å². The molecule has 5 nitrogen and oxygen atoms in total. The van der Waals surface area contributed by atoms with Crippen molar-refractivity contribution < 1.29 is 14.3 Å². The van der Waals surface area contributed by atoms with Crippen molar-refractivity contribution in [2.75, 3.05) is 0 Å². The third-order valence-electron chi connectivity index (χ3n) is 5.12. The molecule has 3 rings (SSSR count). The molecule has 1 heterocycles. The molecule has 0 aliphatic heterocycles. The molecule has 0 amide bonds. The molecule has 0 unspecified atom stereocenters. The van der Waals surface area contributed by atoms with E-state index in [2.05, 4.69) is 12.1 Å². The predicted octanol–water partition coefficient (Wildman–Crippen LogP) is 3.62. The zero-order valence-electron chi connectivity index (χ0n) is 15.8. The Hall–Kier alpha value is -2.30. The van der Waals surface area contributed by atoms with Gasteiger partial charge in [0, 0.05) is 11.1 Å². The lowest BCUT2D eigenvalue weighted by Gasteiger charge is -2.11. The second-order valence-corrected chi connectivity index (χ2v) is 7.11. The van der Waals surface area contributed by atoms with Crippen LogP contribution in [0.25, 0.3) is 0 Å². The summed E-state index contributed by atoms with van der Waals surface area (Å²) < 4.78 is 3.28. The van der Waals surface area contributed by atoms with Gasteiger partial charge in [0.15, 0.2) is 0 Å². The van der Waals surface area contributed by atoms with E-state index in [0.29, 0.717) is 29.1 Å². The summed E-state index contributed by atoms with van der Waals surface area (Å²) in [5.74, 6) is -0.206. The van der Waals surface area contributed by atoms with Crippen LogP contribution in [-0.4, -0.2) is 21.5 Å². The Morgan fingerprint density at radius 1 is 0.885 bits per heavy atom. The van der Waals surface area contributed by atoms with Crippen LogP contribution in [0, 0.1) is 0 Å². The zero-order valence-corrected chi connectivity index (χ0v) is 15.8. The largest absolute Gasteiger partial charge is 0.284 e. The first-order valence-corrected chi connectivity index (χ1v) is 9.80. The van der Waals surface area contributed by atoms with Crippen LogP contribution in [-0.2, 0) is 13.6 Å². The fourth-order valence-electron chi connectivity index (χ4n) is 3.69. The van der Waals surface area contributed by atoms with Crippen LogP contribution >= 0.6 is 0 Å². The molecule has 138 valence electrons. The van der Waals surface area contributed by atoms with Crippen LogP contribution in [0.4, 0.5) is 0 Å². The van der Waals surface area contributed by atoms with E-state index in [1.807, 2.05) is 0 Å². The number of carbonyl (C=O) groups excluding carboxylic acids is 2. The molecule has 0 fully saturated rings. The minimum Gasteiger partial charge on any atom is -0.284 e. The first-order valence-electron chi connectivity index (χ1n) is 9.80. The Balaban J connectivity index is 1.65. The number of carbonyl (C=O) groups is 2. The highest BCUT2D eigenvalue weighted by atomic mass is 16.1. The van der Waals surface area contributed by atoms with E-state index in [4.69, 9.17) is 0 Å². The third kappa shape index (κ3) is 3.62. The summed E-state index contributed by atoms with van der Waals surface area (Å²) in [7, 11) is 1.74. The fraction of sp³-hybridized carbons (Fsp3) is 0.524. The van der Waals surface area contributed by atoms with Gasteiger partial charge >= 0.3 is 0 Å². The Labute approximate surface area is 155 Å². The topological polar surface area (TPSA) is 55.8 Å². The molecule has 1 aliphatic rings. The Bertz CT molecular complexity index is 808. The number of unbranched alkanes of at least 4 members (excludes halogenated alkanes) is 7. The first-order chi connectivity index (χ1) is 12.6. The second-order valence-electron chi connectivity index (χ2n) is 7.11. The molecule has 1 aromatic heterocycles. The number of fused-ring (bicyclic) bond motifs is 2. The van der Waals surface area contributed by atoms with E-state index < -0.39 is 0 Å². The maximum atomic E-state index is 12.9. The van der Waals surface area contributed by atoms with Crippen LogP contribution in [0.5, 0.6) is 0 Å². The molecule has 1 aliphatic carbocycles. The van der Waals surface area contributed by atoms with Crippen LogP contribution < -0.4 is 4.68 Å². The van der Waals surface area contributed by atoms with Crippen molar-refractivity contribution in [2.45, 2.75) is 64.8 Å². The van der Waals surface area contributed by atoms with E-state index in [1.54, 1.807) is 40.7 Å². The summed E-state index contributed by atoms with van der Waals surface area (Å²) in [5.41, 5.74) is 1.82. The van der Waals surface area contributed by atoms with Gasteiger partial charge in [0.25, 0.3) is 0 Å². The van der Waals surface area contributed by atoms with E-state index in [0.717, 1.165) is 12.8 Å². The lowest BCUT2D eigenvalue weighted by Crippen LogP contribution is -2.39. The van der Waals surface area contributed by atoms with E-state index in [1.165, 1.54) is 38.5 Å². The minimum absolute atomic E-state index is 0.0946. The Morgan fingerprint density at radius 3 is 2.12 bits per heavy atom. The molecular weight excluding hydrogens is 326 g/mol. The number of aryl methyl sites for hydroxylation is 2. The molecule has 2 aromatic rings. The number of nitrogens with zero attached hydrogens (tertiary/aromatic N) is 3. The summed E-state index contributed by atoms with van der Waals surface area (Å²) in [4.78, 5) is 25.7. The van der Waals surface area contributed by atoms with Gasteiger partial charge in [0.1, 0.15) is 13.6 Å². The Morgan fingerprint density at radius 2 is 1.46 bits per heavy atom. The number of hydrogen-bond donors (Lipinski definition) is 0. The van der Waals surface area contributed by atoms with Crippen molar-refractivity contribution in [1.82, 2.24) is 9.90 Å². The number of aromatic nitrogens is 3. The van der Waals surface area contributed by atoms with Crippen molar-refractivity contribution in [2.24, 2.45) is 7.05 Å². The lowest BCUT2D eigenvalue weighted by molar-refractivity contribution is -0.733.